The molecule has 7 nitrogen and oxygen atoms in total. The minimum absolute atomic E-state index is 0.119. The fraction of sp³-hybridized carbons (Fsp3) is 0.435. The number of amides is 1. The number of nitrogens with zero attached hydrogens (tertiary/aromatic N) is 5. The van der Waals surface area contributed by atoms with Crippen LogP contribution in [0.5, 0.6) is 0 Å². The highest BCUT2D eigenvalue weighted by Crippen LogP contribution is 2.37. The molecule has 156 valence electrons. The number of carbonyl (C=O) groups is 1. The average molecular weight is 406 g/mol. The Labute approximate surface area is 176 Å². The molecule has 4 heterocycles. The molecule has 0 saturated carbocycles. The van der Waals surface area contributed by atoms with E-state index in [1.54, 1.807) is 18.5 Å². The monoisotopic (exact) mass is 405 g/mol. The number of hydrogen-bond donors (Lipinski definition) is 0. The Bertz CT molecular complexity index is 1020. The van der Waals surface area contributed by atoms with E-state index in [2.05, 4.69) is 22.0 Å². The molecule has 0 spiro atoms. The first-order valence-corrected chi connectivity index (χ1v) is 10.6. The Morgan fingerprint density at radius 2 is 2.10 bits per heavy atom. The van der Waals surface area contributed by atoms with Gasteiger partial charge >= 0.3 is 0 Å². The summed E-state index contributed by atoms with van der Waals surface area (Å²) in [5, 5.41) is 4.05. The van der Waals surface area contributed by atoms with Crippen LogP contribution in [0.25, 0.3) is 11.1 Å². The Morgan fingerprint density at radius 3 is 2.80 bits per heavy atom. The predicted octanol–water partition coefficient (Wildman–Crippen LogP) is 4.58. The van der Waals surface area contributed by atoms with Gasteiger partial charge in [-0.15, -0.1) is 0 Å². The van der Waals surface area contributed by atoms with Crippen LogP contribution < -0.4 is 0 Å². The zero-order valence-electron chi connectivity index (χ0n) is 17.7. The summed E-state index contributed by atoms with van der Waals surface area (Å²) in [6.45, 7) is 6.84. The van der Waals surface area contributed by atoms with E-state index in [9.17, 15) is 4.79 Å². The van der Waals surface area contributed by atoms with Crippen molar-refractivity contribution in [3.63, 3.8) is 0 Å². The number of carbonyl (C=O) groups excluding carboxylic acids is 1. The molecule has 0 bridgehead atoms. The largest absolute Gasteiger partial charge is 0.351 e. The number of aromatic nitrogens is 4. The molecular formula is C23H27N5O2. The van der Waals surface area contributed by atoms with Gasteiger partial charge in [0.05, 0.1) is 17.4 Å². The molecular weight excluding hydrogens is 378 g/mol. The van der Waals surface area contributed by atoms with Crippen LogP contribution >= 0.6 is 0 Å². The van der Waals surface area contributed by atoms with Gasteiger partial charge in [0.15, 0.2) is 0 Å². The first-order valence-electron chi connectivity index (χ1n) is 10.6. The van der Waals surface area contributed by atoms with Gasteiger partial charge in [-0.05, 0) is 42.9 Å². The number of pyridine rings is 1. The highest BCUT2D eigenvalue weighted by molar-refractivity contribution is 5.92. The molecule has 3 aromatic rings. The predicted molar refractivity (Wildman–Crippen MR) is 113 cm³/mol. The number of hydrogen-bond acceptors (Lipinski definition) is 6. The summed E-state index contributed by atoms with van der Waals surface area (Å²) in [7, 11) is 0. The highest BCUT2D eigenvalue weighted by atomic mass is 16.5. The van der Waals surface area contributed by atoms with Gasteiger partial charge in [-0.25, -0.2) is 9.97 Å². The normalized spacial score (nSPS) is 16.4. The third-order valence-electron chi connectivity index (χ3n) is 5.49. The molecule has 0 radical (unpaired) electrons. The van der Waals surface area contributed by atoms with Gasteiger partial charge in [0.1, 0.15) is 5.82 Å². The second-order valence-electron chi connectivity index (χ2n) is 8.00. The summed E-state index contributed by atoms with van der Waals surface area (Å²) in [4.78, 5) is 28.7. The van der Waals surface area contributed by atoms with Gasteiger partial charge < -0.3 is 9.42 Å². The lowest BCUT2D eigenvalue weighted by Crippen LogP contribution is -2.31. The highest BCUT2D eigenvalue weighted by Gasteiger charge is 2.35. The molecule has 1 fully saturated rings. The van der Waals surface area contributed by atoms with Crippen molar-refractivity contribution < 1.29 is 9.32 Å². The van der Waals surface area contributed by atoms with E-state index in [1.165, 1.54) is 0 Å². The summed E-state index contributed by atoms with van der Waals surface area (Å²) in [5.41, 5.74) is 3.64. The van der Waals surface area contributed by atoms with E-state index in [0.29, 0.717) is 12.3 Å². The lowest BCUT2D eigenvalue weighted by atomic mass is 10.00. The third kappa shape index (κ3) is 3.97. The van der Waals surface area contributed by atoms with E-state index < -0.39 is 0 Å². The Balaban J connectivity index is 1.72. The van der Waals surface area contributed by atoms with Crippen LogP contribution in [0.4, 0.5) is 0 Å². The summed E-state index contributed by atoms with van der Waals surface area (Å²) in [6.07, 6.45) is 8.97. The van der Waals surface area contributed by atoms with Crippen molar-refractivity contribution in [3.05, 3.63) is 59.8 Å². The van der Waals surface area contributed by atoms with Crippen LogP contribution in [-0.4, -0.2) is 37.5 Å². The van der Waals surface area contributed by atoms with Crippen molar-refractivity contribution in [3.8, 4) is 11.1 Å². The lowest BCUT2D eigenvalue weighted by molar-refractivity contribution is 0.0690. The van der Waals surface area contributed by atoms with Crippen molar-refractivity contribution in [2.24, 2.45) is 0 Å². The van der Waals surface area contributed by atoms with Crippen molar-refractivity contribution in [1.82, 2.24) is 25.0 Å². The molecule has 0 unspecified atom stereocenters. The van der Waals surface area contributed by atoms with E-state index in [-0.39, 0.29) is 17.9 Å². The zero-order chi connectivity index (χ0) is 21.1. The first kappa shape index (κ1) is 20.2. The van der Waals surface area contributed by atoms with Crippen molar-refractivity contribution in [2.45, 2.75) is 58.4 Å². The molecule has 4 rings (SSSR count). The first-order chi connectivity index (χ1) is 14.6. The Kier molecular flexibility index (Phi) is 5.88. The number of likely N-dealkylation sites (tertiary alicyclic amines) is 1. The van der Waals surface area contributed by atoms with E-state index in [4.69, 9.17) is 9.51 Å². The average Bonchev–Trinajstić information content (AvgIpc) is 3.44. The number of aryl methyl sites for hydroxylation is 1. The molecule has 1 aliphatic heterocycles. The van der Waals surface area contributed by atoms with E-state index in [1.807, 2.05) is 37.1 Å². The van der Waals surface area contributed by atoms with Crippen molar-refractivity contribution >= 4 is 5.91 Å². The topological polar surface area (TPSA) is 85.0 Å². The lowest BCUT2D eigenvalue weighted by Gasteiger charge is -2.25. The fourth-order valence-corrected chi connectivity index (χ4v) is 3.88. The molecule has 0 aromatic carbocycles. The maximum atomic E-state index is 13.3. The standard InChI is InChI=1S/C23H27N5O2/c1-4-6-21-25-14-17(16-8-10-24-11-9-16)22(26-21)19-7-5-12-28(19)23(29)20-13-18(15(2)3)27-30-20/h8-11,13-15,19H,4-7,12H2,1-3H3/t19-/m0/s1. The van der Waals surface area contributed by atoms with Gasteiger partial charge in [0.2, 0.25) is 5.76 Å². The van der Waals surface area contributed by atoms with Gasteiger partial charge in [-0.1, -0.05) is 25.9 Å². The molecule has 7 heteroatoms. The van der Waals surface area contributed by atoms with Gasteiger partial charge in [-0.2, -0.15) is 0 Å². The molecule has 1 aliphatic rings. The minimum Gasteiger partial charge on any atom is -0.351 e. The fourth-order valence-electron chi connectivity index (χ4n) is 3.88. The zero-order valence-corrected chi connectivity index (χ0v) is 17.7. The Hall–Kier alpha value is -3.09. The molecule has 0 aliphatic carbocycles. The molecule has 1 saturated heterocycles. The van der Waals surface area contributed by atoms with E-state index >= 15 is 0 Å². The maximum absolute atomic E-state index is 13.3. The summed E-state index contributed by atoms with van der Waals surface area (Å²) in [6, 6.07) is 5.55. The van der Waals surface area contributed by atoms with Crippen LogP contribution in [0.15, 0.2) is 41.3 Å². The molecule has 0 N–H and O–H groups in total. The minimum atomic E-state index is -0.131. The van der Waals surface area contributed by atoms with Crippen LogP contribution in [0.1, 0.15) is 79.8 Å². The van der Waals surface area contributed by atoms with Gasteiger partial charge in [-0.3, -0.25) is 9.78 Å². The van der Waals surface area contributed by atoms with E-state index in [0.717, 1.165) is 54.0 Å². The van der Waals surface area contributed by atoms with Crippen LogP contribution in [0.3, 0.4) is 0 Å². The second kappa shape index (κ2) is 8.73. The molecule has 1 amide bonds. The van der Waals surface area contributed by atoms with Crippen molar-refractivity contribution in [2.75, 3.05) is 6.54 Å². The Morgan fingerprint density at radius 1 is 1.30 bits per heavy atom. The van der Waals surface area contributed by atoms with Gasteiger partial charge in [0, 0.05) is 43.2 Å². The van der Waals surface area contributed by atoms with Crippen LogP contribution in [0, 0.1) is 0 Å². The molecule has 1 atom stereocenters. The quantitative estimate of drug-likeness (QED) is 0.597. The molecule has 30 heavy (non-hydrogen) atoms. The summed E-state index contributed by atoms with van der Waals surface area (Å²) >= 11 is 0. The smallest absolute Gasteiger partial charge is 0.293 e. The third-order valence-corrected chi connectivity index (χ3v) is 5.49. The second-order valence-corrected chi connectivity index (χ2v) is 8.00. The number of rotatable bonds is 6. The molecule has 3 aromatic heterocycles. The SMILES string of the molecule is CCCc1ncc(-c2ccncc2)c([C@@H]2CCCN2C(=O)c2cc(C(C)C)no2)n1. The van der Waals surface area contributed by atoms with Crippen molar-refractivity contribution in [1.29, 1.82) is 0 Å². The summed E-state index contributed by atoms with van der Waals surface area (Å²) in [5.74, 6) is 1.18. The van der Waals surface area contributed by atoms with Crippen LogP contribution in [0.2, 0.25) is 0 Å². The summed E-state index contributed by atoms with van der Waals surface area (Å²) < 4.78 is 5.38. The van der Waals surface area contributed by atoms with Gasteiger partial charge in [0.25, 0.3) is 5.91 Å². The maximum Gasteiger partial charge on any atom is 0.293 e. The van der Waals surface area contributed by atoms with Crippen LogP contribution in [-0.2, 0) is 6.42 Å².